The van der Waals surface area contributed by atoms with Crippen LogP contribution in [0.25, 0.3) is 0 Å². The fraction of sp³-hybridized carbons (Fsp3) is 0.222. The molecule has 6 heteroatoms. The summed E-state index contributed by atoms with van der Waals surface area (Å²) in [6.45, 7) is -0.491. The Morgan fingerprint density at radius 2 is 1.93 bits per heavy atom. The van der Waals surface area contributed by atoms with Crippen LogP contribution in [0.5, 0.6) is 0 Å². The number of primary amides is 1. The van der Waals surface area contributed by atoms with Gasteiger partial charge in [-0.2, -0.15) is 0 Å². The van der Waals surface area contributed by atoms with Crippen LogP contribution in [0.4, 0.5) is 0 Å². The maximum absolute atomic E-state index is 11.6. The fourth-order valence-electron chi connectivity index (χ4n) is 1.17. The van der Waals surface area contributed by atoms with Crippen LogP contribution in [-0.4, -0.2) is 31.8 Å². The average molecular weight is 229 g/mol. The van der Waals surface area contributed by atoms with Crippen LogP contribution < -0.4 is 5.73 Å². The number of nitrogens with two attached hydrogens (primary N) is 1. The van der Waals surface area contributed by atoms with Crippen LogP contribution in [0, 0.1) is 0 Å². The van der Waals surface area contributed by atoms with E-state index in [1.54, 1.807) is 0 Å². The van der Waals surface area contributed by atoms with Crippen molar-refractivity contribution in [2.45, 2.75) is 4.90 Å². The first-order chi connectivity index (χ1) is 6.99. The van der Waals surface area contributed by atoms with Gasteiger partial charge in [0, 0.05) is 0 Å². The number of hydrogen-bond acceptors (Lipinski definition) is 4. The van der Waals surface area contributed by atoms with Crippen molar-refractivity contribution in [3.63, 3.8) is 0 Å². The minimum Gasteiger partial charge on any atom is -0.395 e. The number of carbonyl (C=O) groups is 1. The molecule has 1 aromatic rings. The maximum Gasteiger partial charge on any atom is 0.250 e. The summed E-state index contributed by atoms with van der Waals surface area (Å²) in [5.74, 6) is -1.22. The molecule has 82 valence electrons. The first kappa shape index (κ1) is 11.7. The Hall–Kier alpha value is -1.40. The summed E-state index contributed by atoms with van der Waals surface area (Å²) in [4.78, 5) is 10.8. The number of amides is 1. The molecule has 1 rings (SSSR count). The molecule has 0 aliphatic rings. The molecule has 0 bridgehead atoms. The molecule has 0 aromatic heterocycles. The number of aliphatic hydroxyl groups excluding tert-OH is 1. The van der Waals surface area contributed by atoms with E-state index >= 15 is 0 Å². The monoisotopic (exact) mass is 229 g/mol. The highest BCUT2D eigenvalue weighted by atomic mass is 32.2. The summed E-state index contributed by atoms with van der Waals surface area (Å²) in [5.41, 5.74) is 4.99. The van der Waals surface area contributed by atoms with Crippen LogP contribution in [0.15, 0.2) is 29.2 Å². The van der Waals surface area contributed by atoms with Gasteiger partial charge >= 0.3 is 0 Å². The summed E-state index contributed by atoms with van der Waals surface area (Å²) < 4.78 is 23.2. The van der Waals surface area contributed by atoms with E-state index in [2.05, 4.69) is 0 Å². The molecule has 0 atom stereocenters. The summed E-state index contributed by atoms with van der Waals surface area (Å²) >= 11 is 0. The van der Waals surface area contributed by atoms with E-state index in [9.17, 15) is 13.2 Å². The van der Waals surface area contributed by atoms with E-state index in [4.69, 9.17) is 10.8 Å². The van der Waals surface area contributed by atoms with Crippen molar-refractivity contribution in [3.8, 4) is 0 Å². The van der Waals surface area contributed by atoms with Crippen LogP contribution in [0.1, 0.15) is 10.4 Å². The lowest BCUT2D eigenvalue weighted by Crippen LogP contribution is -2.18. The number of sulfone groups is 1. The molecule has 1 aromatic carbocycles. The molecular weight excluding hydrogens is 218 g/mol. The zero-order valence-electron chi connectivity index (χ0n) is 7.88. The van der Waals surface area contributed by atoms with Gasteiger partial charge in [-0.25, -0.2) is 8.42 Å². The van der Waals surface area contributed by atoms with Gasteiger partial charge in [-0.1, -0.05) is 12.1 Å². The maximum atomic E-state index is 11.6. The molecule has 0 aliphatic heterocycles. The molecular formula is C9H11NO4S. The standard InChI is InChI=1S/C9H11NO4S/c10-9(12)7-3-1-2-4-8(7)15(13,14)6-5-11/h1-4,11H,5-6H2,(H2,10,12). The summed E-state index contributed by atoms with van der Waals surface area (Å²) in [5, 5.41) is 8.60. The molecule has 0 radical (unpaired) electrons. The van der Waals surface area contributed by atoms with Gasteiger partial charge in [0.2, 0.25) is 5.91 Å². The largest absolute Gasteiger partial charge is 0.395 e. The fourth-order valence-corrected chi connectivity index (χ4v) is 2.42. The van der Waals surface area contributed by atoms with E-state index in [0.717, 1.165) is 0 Å². The Balaban J connectivity index is 3.31. The van der Waals surface area contributed by atoms with Crippen LogP contribution in [-0.2, 0) is 9.84 Å². The van der Waals surface area contributed by atoms with Crippen molar-refractivity contribution in [3.05, 3.63) is 29.8 Å². The molecule has 3 N–H and O–H groups in total. The second-order valence-electron chi connectivity index (χ2n) is 2.90. The lowest BCUT2D eigenvalue weighted by molar-refractivity contribution is 0.0997. The van der Waals surface area contributed by atoms with Gasteiger partial charge < -0.3 is 10.8 Å². The van der Waals surface area contributed by atoms with Crippen LogP contribution in [0.3, 0.4) is 0 Å². The molecule has 0 aliphatic carbocycles. The van der Waals surface area contributed by atoms with E-state index in [1.807, 2.05) is 0 Å². The van der Waals surface area contributed by atoms with Crippen LogP contribution in [0.2, 0.25) is 0 Å². The molecule has 15 heavy (non-hydrogen) atoms. The predicted molar refractivity (Wildman–Crippen MR) is 54.1 cm³/mol. The average Bonchev–Trinajstić information content (AvgIpc) is 2.17. The number of aliphatic hydroxyl groups is 1. The zero-order valence-corrected chi connectivity index (χ0v) is 8.70. The summed E-state index contributed by atoms with van der Waals surface area (Å²) in [6, 6.07) is 5.66. The van der Waals surface area contributed by atoms with Crippen molar-refractivity contribution in [1.82, 2.24) is 0 Å². The topological polar surface area (TPSA) is 97.5 Å². The normalized spacial score (nSPS) is 11.3. The second kappa shape index (κ2) is 4.41. The SMILES string of the molecule is NC(=O)c1ccccc1S(=O)(=O)CCO. The van der Waals surface area contributed by atoms with Gasteiger partial charge in [0.05, 0.1) is 22.8 Å². The third-order valence-corrected chi connectivity index (χ3v) is 3.59. The van der Waals surface area contributed by atoms with E-state index in [1.165, 1.54) is 24.3 Å². The molecule has 0 saturated carbocycles. The molecule has 0 unspecified atom stereocenters. The Morgan fingerprint density at radius 1 is 1.33 bits per heavy atom. The van der Waals surface area contributed by atoms with Gasteiger partial charge in [-0.3, -0.25) is 4.79 Å². The number of hydrogen-bond donors (Lipinski definition) is 2. The van der Waals surface area contributed by atoms with Gasteiger partial charge in [0.1, 0.15) is 0 Å². The summed E-state index contributed by atoms with van der Waals surface area (Å²) in [7, 11) is -3.64. The highest BCUT2D eigenvalue weighted by Gasteiger charge is 2.19. The zero-order chi connectivity index (χ0) is 11.5. The molecule has 0 spiro atoms. The number of benzene rings is 1. The predicted octanol–water partition coefficient (Wildman–Crippen LogP) is -0.449. The number of rotatable bonds is 4. The Morgan fingerprint density at radius 3 is 2.47 bits per heavy atom. The molecule has 0 saturated heterocycles. The van der Waals surface area contributed by atoms with Crippen molar-refractivity contribution < 1.29 is 18.3 Å². The highest BCUT2D eigenvalue weighted by Crippen LogP contribution is 2.16. The van der Waals surface area contributed by atoms with Crippen molar-refractivity contribution in [2.24, 2.45) is 5.73 Å². The Bertz CT molecular complexity index is 467. The van der Waals surface area contributed by atoms with E-state index in [-0.39, 0.29) is 10.5 Å². The molecule has 5 nitrogen and oxygen atoms in total. The van der Waals surface area contributed by atoms with Crippen molar-refractivity contribution >= 4 is 15.7 Å². The quantitative estimate of drug-likeness (QED) is 0.730. The Kier molecular flexibility index (Phi) is 3.43. The van der Waals surface area contributed by atoms with Gasteiger partial charge in [-0.05, 0) is 12.1 Å². The number of carbonyl (C=O) groups excluding carboxylic acids is 1. The second-order valence-corrected chi connectivity index (χ2v) is 4.98. The third-order valence-electron chi connectivity index (χ3n) is 1.85. The minimum atomic E-state index is -3.64. The molecule has 0 heterocycles. The third kappa shape index (κ3) is 2.54. The minimum absolute atomic E-state index is 0.0500. The van der Waals surface area contributed by atoms with Gasteiger partial charge in [-0.15, -0.1) is 0 Å². The first-order valence-corrected chi connectivity index (χ1v) is 5.86. The highest BCUT2D eigenvalue weighted by molar-refractivity contribution is 7.91. The smallest absolute Gasteiger partial charge is 0.250 e. The van der Waals surface area contributed by atoms with E-state index < -0.39 is 28.1 Å². The first-order valence-electron chi connectivity index (χ1n) is 4.21. The van der Waals surface area contributed by atoms with Gasteiger partial charge in [0.25, 0.3) is 0 Å². The Labute approximate surface area is 87.4 Å². The van der Waals surface area contributed by atoms with Crippen molar-refractivity contribution in [2.75, 3.05) is 12.4 Å². The van der Waals surface area contributed by atoms with E-state index in [0.29, 0.717) is 0 Å². The lowest BCUT2D eigenvalue weighted by Gasteiger charge is -2.06. The lowest BCUT2D eigenvalue weighted by atomic mass is 10.2. The summed E-state index contributed by atoms with van der Waals surface area (Å²) in [6.07, 6.45) is 0. The van der Waals surface area contributed by atoms with Crippen molar-refractivity contribution in [1.29, 1.82) is 0 Å². The van der Waals surface area contributed by atoms with Gasteiger partial charge in [0.15, 0.2) is 9.84 Å². The van der Waals surface area contributed by atoms with Crippen LogP contribution >= 0.6 is 0 Å². The molecule has 1 amide bonds. The molecule has 0 fully saturated rings.